The summed E-state index contributed by atoms with van der Waals surface area (Å²) in [5.41, 5.74) is -4.85. The SMILES string of the molecule is O=S(=O)(OCCC1(c2ccccc2)OCCO1)C(F)(F)F. The van der Waals surface area contributed by atoms with Crippen LogP contribution in [0.4, 0.5) is 13.2 Å². The van der Waals surface area contributed by atoms with E-state index in [2.05, 4.69) is 4.18 Å². The van der Waals surface area contributed by atoms with E-state index in [9.17, 15) is 21.6 Å². The second kappa shape index (κ2) is 5.91. The van der Waals surface area contributed by atoms with E-state index in [-0.39, 0.29) is 19.6 Å². The minimum absolute atomic E-state index is 0.174. The lowest BCUT2D eigenvalue weighted by Gasteiger charge is -2.27. The van der Waals surface area contributed by atoms with E-state index in [1.54, 1.807) is 30.3 Å². The summed E-state index contributed by atoms with van der Waals surface area (Å²) in [6.07, 6.45) is -0.174. The molecule has 1 saturated heterocycles. The molecule has 0 radical (unpaired) electrons. The number of benzene rings is 1. The summed E-state index contributed by atoms with van der Waals surface area (Å²) in [6.45, 7) is -0.168. The summed E-state index contributed by atoms with van der Waals surface area (Å²) in [6, 6.07) is 8.56. The molecule has 118 valence electrons. The lowest BCUT2D eigenvalue weighted by atomic mass is 10.0. The van der Waals surface area contributed by atoms with Crippen LogP contribution in [-0.2, 0) is 29.6 Å². The number of halogens is 3. The Kier molecular flexibility index (Phi) is 4.57. The maximum Gasteiger partial charge on any atom is 0.523 e. The van der Waals surface area contributed by atoms with E-state index in [1.165, 1.54) is 0 Å². The molecule has 0 N–H and O–H groups in total. The van der Waals surface area contributed by atoms with Gasteiger partial charge in [0.2, 0.25) is 0 Å². The minimum atomic E-state index is -5.61. The van der Waals surface area contributed by atoms with Crippen molar-refractivity contribution in [2.24, 2.45) is 0 Å². The number of alkyl halides is 3. The molecule has 0 atom stereocenters. The predicted octanol–water partition coefficient (Wildman–Crippen LogP) is 2.14. The third kappa shape index (κ3) is 3.54. The molecule has 1 aliphatic rings. The predicted molar refractivity (Wildman–Crippen MR) is 65.6 cm³/mol. The van der Waals surface area contributed by atoms with E-state index in [4.69, 9.17) is 9.47 Å². The van der Waals surface area contributed by atoms with Gasteiger partial charge in [-0.15, -0.1) is 0 Å². The van der Waals surface area contributed by atoms with Crippen LogP contribution in [-0.4, -0.2) is 33.7 Å². The highest BCUT2D eigenvalue weighted by Gasteiger charge is 2.48. The van der Waals surface area contributed by atoms with Gasteiger partial charge in [0.05, 0.1) is 19.8 Å². The molecule has 0 aliphatic carbocycles. The Hall–Kier alpha value is -1.16. The Morgan fingerprint density at radius 3 is 2.24 bits per heavy atom. The monoisotopic (exact) mass is 326 g/mol. The van der Waals surface area contributed by atoms with Crippen molar-refractivity contribution in [2.75, 3.05) is 19.8 Å². The molecule has 5 nitrogen and oxygen atoms in total. The lowest BCUT2D eigenvalue weighted by molar-refractivity contribution is -0.175. The molecule has 0 saturated carbocycles. The maximum absolute atomic E-state index is 12.2. The van der Waals surface area contributed by atoms with E-state index < -0.39 is 28.0 Å². The van der Waals surface area contributed by atoms with Crippen molar-refractivity contribution in [2.45, 2.75) is 17.7 Å². The molecule has 0 aromatic heterocycles. The normalized spacial score (nSPS) is 18.8. The van der Waals surface area contributed by atoms with E-state index in [1.807, 2.05) is 0 Å². The van der Waals surface area contributed by atoms with Gasteiger partial charge in [0.1, 0.15) is 0 Å². The zero-order valence-corrected chi connectivity index (χ0v) is 11.6. The fourth-order valence-corrected chi connectivity index (χ4v) is 2.39. The zero-order valence-electron chi connectivity index (χ0n) is 10.8. The third-order valence-electron chi connectivity index (χ3n) is 2.92. The van der Waals surface area contributed by atoms with Crippen LogP contribution in [0.2, 0.25) is 0 Å². The summed E-state index contributed by atoms with van der Waals surface area (Å²) >= 11 is 0. The molecule has 1 aromatic carbocycles. The molecule has 0 unspecified atom stereocenters. The Morgan fingerprint density at radius 1 is 1.14 bits per heavy atom. The van der Waals surface area contributed by atoms with Crippen molar-refractivity contribution in [1.29, 1.82) is 0 Å². The Bertz CT molecular complexity index is 564. The molecule has 1 heterocycles. The summed E-state index contributed by atoms with van der Waals surface area (Å²) in [5, 5.41) is 0. The van der Waals surface area contributed by atoms with Crippen molar-refractivity contribution in [3.05, 3.63) is 35.9 Å². The number of rotatable bonds is 5. The number of hydrogen-bond acceptors (Lipinski definition) is 5. The van der Waals surface area contributed by atoms with Crippen LogP contribution in [0.15, 0.2) is 30.3 Å². The first-order valence-electron chi connectivity index (χ1n) is 6.06. The average Bonchev–Trinajstić information content (AvgIpc) is 2.88. The molecule has 0 spiro atoms. The molecule has 1 aliphatic heterocycles. The smallest absolute Gasteiger partial charge is 0.343 e. The first kappa shape index (κ1) is 16.2. The topological polar surface area (TPSA) is 61.8 Å². The first-order chi connectivity index (χ1) is 9.77. The van der Waals surface area contributed by atoms with Crippen molar-refractivity contribution >= 4 is 10.1 Å². The molecule has 9 heteroatoms. The Morgan fingerprint density at radius 2 is 1.71 bits per heavy atom. The summed E-state index contributed by atoms with van der Waals surface area (Å²) in [4.78, 5) is 0. The fraction of sp³-hybridized carbons (Fsp3) is 0.500. The van der Waals surface area contributed by atoms with Crippen LogP contribution in [0.5, 0.6) is 0 Å². The second-order valence-corrected chi connectivity index (χ2v) is 5.89. The van der Waals surface area contributed by atoms with Gasteiger partial charge < -0.3 is 9.47 Å². The van der Waals surface area contributed by atoms with E-state index in [0.29, 0.717) is 5.56 Å². The molecule has 2 rings (SSSR count). The van der Waals surface area contributed by atoms with Gasteiger partial charge in [0.15, 0.2) is 5.79 Å². The van der Waals surface area contributed by atoms with Gasteiger partial charge in [0, 0.05) is 12.0 Å². The molecule has 1 aromatic rings. The van der Waals surface area contributed by atoms with Crippen LogP contribution in [0.1, 0.15) is 12.0 Å². The molecular formula is C12H13F3O5S. The average molecular weight is 326 g/mol. The summed E-state index contributed by atoms with van der Waals surface area (Å²) in [7, 11) is -5.61. The third-order valence-corrected chi connectivity index (χ3v) is 3.96. The van der Waals surface area contributed by atoms with Gasteiger partial charge in [0.25, 0.3) is 0 Å². The second-order valence-electron chi connectivity index (χ2n) is 4.29. The molecule has 0 bridgehead atoms. The van der Waals surface area contributed by atoms with Crippen LogP contribution in [0.25, 0.3) is 0 Å². The van der Waals surface area contributed by atoms with Gasteiger partial charge >= 0.3 is 15.6 Å². The molecule has 0 amide bonds. The van der Waals surface area contributed by atoms with Crippen LogP contribution >= 0.6 is 0 Å². The lowest BCUT2D eigenvalue weighted by Crippen LogP contribution is -2.31. The summed E-state index contributed by atoms with van der Waals surface area (Å²) in [5.74, 6) is -1.28. The van der Waals surface area contributed by atoms with Gasteiger partial charge in [-0.25, -0.2) is 0 Å². The molecular weight excluding hydrogens is 313 g/mol. The van der Waals surface area contributed by atoms with Crippen LogP contribution in [0.3, 0.4) is 0 Å². The van der Waals surface area contributed by atoms with Crippen LogP contribution in [0, 0.1) is 0 Å². The summed E-state index contributed by atoms with van der Waals surface area (Å²) < 4.78 is 73.1. The van der Waals surface area contributed by atoms with Crippen LogP contribution < -0.4 is 0 Å². The van der Waals surface area contributed by atoms with E-state index in [0.717, 1.165) is 0 Å². The minimum Gasteiger partial charge on any atom is -0.343 e. The first-order valence-corrected chi connectivity index (χ1v) is 7.47. The van der Waals surface area contributed by atoms with Crippen molar-refractivity contribution < 1.29 is 35.2 Å². The maximum atomic E-state index is 12.2. The quantitative estimate of drug-likeness (QED) is 0.613. The molecule has 1 fully saturated rings. The highest BCUT2D eigenvalue weighted by atomic mass is 32.2. The Balaban J connectivity index is 2.06. The Labute approximate surface area is 119 Å². The zero-order chi connectivity index (χ0) is 15.6. The van der Waals surface area contributed by atoms with Crippen molar-refractivity contribution in [3.8, 4) is 0 Å². The molecule has 21 heavy (non-hydrogen) atoms. The largest absolute Gasteiger partial charge is 0.523 e. The van der Waals surface area contributed by atoms with Gasteiger partial charge in [-0.3, -0.25) is 4.18 Å². The highest BCUT2D eigenvalue weighted by Crippen LogP contribution is 2.35. The van der Waals surface area contributed by atoms with Crippen molar-refractivity contribution in [1.82, 2.24) is 0 Å². The number of ether oxygens (including phenoxy) is 2. The fourth-order valence-electron chi connectivity index (χ4n) is 1.95. The van der Waals surface area contributed by atoms with Gasteiger partial charge in [-0.2, -0.15) is 21.6 Å². The highest BCUT2D eigenvalue weighted by molar-refractivity contribution is 7.87. The van der Waals surface area contributed by atoms with E-state index >= 15 is 0 Å². The van der Waals surface area contributed by atoms with Gasteiger partial charge in [-0.1, -0.05) is 30.3 Å². The number of hydrogen-bond donors (Lipinski definition) is 0. The standard InChI is InChI=1S/C12H13F3O5S/c13-12(14,15)21(16,17)20-7-6-11(18-8-9-19-11)10-4-2-1-3-5-10/h1-5H,6-9H2. The van der Waals surface area contributed by atoms with Crippen molar-refractivity contribution in [3.63, 3.8) is 0 Å². The van der Waals surface area contributed by atoms with Gasteiger partial charge in [-0.05, 0) is 0 Å².